The summed E-state index contributed by atoms with van der Waals surface area (Å²) in [5.41, 5.74) is 3.29. The minimum absolute atomic E-state index is 0.164. The molecule has 3 aromatic rings. The van der Waals surface area contributed by atoms with Gasteiger partial charge in [0.2, 0.25) is 0 Å². The van der Waals surface area contributed by atoms with Crippen LogP contribution in [0.25, 0.3) is 11.3 Å². The van der Waals surface area contributed by atoms with Crippen molar-refractivity contribution in [3.63, 3.8) is 0 Å². The van der Waals surface area contributed by atoms with Crippen molar-refractivity contribution in [1.29, 1.82) is 0 Å². The molecule has 0 bridgehead atoms. The number of aryl methyl sites for hydroxylation is 1. The van der Waals surface area contributed by atoms with E-state index in [1.54, 1.807) is 30.1 Å². The molecule has 0 N–H and O–H groups in total. The van der Waals surface area contributed by atoms with Crippen LogP contribution in [0.2, 0.25) is 0 Å². The van der Waals surface area contributed by atoms with E-state index in [0.29, 0.717) is 5.92 Å². The predicted molar refractivity (Wildman–Crippen MR) is 102 cm³/mol. The van der Waals surface area contributed by atoms with Gasteiger partial charge in [0.15, 0.2) is 0 Å². The summed E-state index contributed by atoms with van der Waals surface area (Å²) in [5.74, 6) is 0.231. The SMILES string of the molecule is Cn1nccc1-c1ccc(Sc2cc(F)cc(C3CCOCC3)c2)cc1. The average Bonchev–Trinajstić information content (AvgIpc) is 3.09. The van der Waals surface area contributed by atoms with Crippen molar-refractivity contribution in [3.8, 4) is 11.3 Å². The lowest BCUT2D eigenvalue weighted by atomic mass is 9.92. The minimum atomic E-state index is -0.164. The number of nitrogens with zero attached hydrogens (tertiary/aromatic N) is 2. The molecule has 0 spiro atoms. The Bertz CT molecular complexity index is 885. The molecule has 0 amide bonds. The van der Waals surface area contributed by atoms with Crippen LogP contribution in [0.4, 0.5) is 4.39 Å². The maximum Gasteiger partial charge on any atom is 0.124 e. The fraction of sp³-hybridized carbons (Fsp3) is 0.286. The van der Waals surface area contributed by atoms with E-state index in [9.17, 15) is 4.39 Å². The molecule has 2 aromatic carbocycles. The quantitative estimate of drug-likeness (QED) is 0.628. The summed E-state index contributed by atoms with van der Waals surface area (Å²) in [4.78, 5) is 2.04. The number of hydrogen-bond acceptors (Lipinski definition) is 3. The van der Waals surface area contributed by atoms with Crippen LogP contribution >= 0.6 is 11.8 Å². The van der Waals surface area contributed by atoms with E-state index in [4.69, 9.17) is 4.74 Å². The molecule has 3 nitrogen and oxygen atoms in total. The van der Waals surface area contributed by atoms with Crippen LogP contribution in [-0.2, 0) is 11.8 Å². The van der Waals surface area contributed by atoms with Crippen LogP contribution in [0.15, 0.2) is 64.5 Å². The second-order valence-electron chi connectivity index (χ2n) is 6.57. The highest BCUT2D eigenvalue weighted by Crippen LogP contribution is 2.34. The zero-order valence-electron chi connectivity index (χ0n) is 14.7. The zero-order chi connectivity index (χ0) is 17.9. The monoisotopic (exact) mass is 368 g/mol. The molecule has 1 aliphatic rings. The summed E-state index contributed by atoms with van der Waals surface area (Å²) >= 11 is 1.60. The van der Waals surface area contributed by atoms with Gasteiger partial charge in [0.25, 0.3) is 0 Å². The van der Waals surface area contributed by atoms with E-state index in [1.165, 1.54) is 0 Å². The van der Waals surface area contributed by atoms with Crippen LogP contribution in [0.5, 0.6) is 0 Å². The van der Waals surface area contributed by atoms with Gasteiger partial charge in [-0.3, -0.25) is 4.68 Å². The second-order valence-corrected chi connectivity index (χ2v) is 7.72. The van der Waals surface area contributed by atoms with Gasteiger partial charge in [0.05, 0.1) is 5.69 Å². The van der Waals surface area contributed by atoms with Gasteiger partial charge >= 0.3 is 0 Å². The van der Waals surface area contributed by atoms with Crippen molar-refractivity contribution >= 4 is 11.8 Å². The van der Waals surface area contributed by atoms with E-state index >= 15 is 0 Å². The number of aromatic nitrogens is 2. The Morgan fingerprint density at radius 2 is 1.81 bits per heavy atom. The third-order valence-corrected chi connectivity index (χ3v) is 5.77. The Balaban J connectivity index is 1.53. The van der Waals surface area contributed by atoms with Gasteiger partial charge in [-0.1, -0.05) is 23.9 Å². The minimum Gasteiger partial charge on any atom is -0.381 e. The van der Waals surface area contributed by atoms with Crippen molar-refractivity contribution in [1.82, 2.24) is 9.78 Å². The van der Waals surface area contributed by atoms with Gasteiger partial charge in [-0.15, -0.1) is 0 Å². The summed E-state index contributed by atoms with van der Waals surface area (Å²) in [6.07, 6.45) is 3.72. The first-order chi connectivity index (χ1) is 12.7. The number of ether oxygens (including phenoxy) is 1. The number of halogens is 1. The van der Waals surface area contributed by atoms with E-state index in [-0.39, 0.29) is 5.82 Å². The van der Waals surface area contributed by atoms with E-state index in [2.05, 4.69) is 35.4 Å². The molecule has 134 valence electrons. The Morgan fingerprint density at radius 1 is 1.04 bits per heavy atom. The fourth-order valence-electron chi connectivity index (χ4n) is 3.40. The Hall–Kier alpha value is -2.11. The molecule has 1 fully saturated rings. The lowest BCUT2D eigenvalue weighted by molar-refractivity contribution is 0.0852. The van der Waals surface area contributed by atoms with Crippen molar-refractivity contribution in [3.05, 3.63) is 66.1 Å². The maximum atomic E-state index is 14.1. The first kappa shape index (κ1) is 17.3. The number of rotatable bonds is 4. The lowest BCUT2D eigenvalue weighted by Crippen LogP contribution is -2.14. The second kappa shape index (κ2) is 7.64. The fourth-order valence-corrected chi connectivity index (χ4v) is 4.31. The van der Waals surface area contributed by atoms with E-state index < -0.39 is 0 Å². The van der Waals surface area contributed by atoms with E-state index in [1.807, 2.05) is 17.8 Å². The average molecular weight is 368 g/mol. The highest BCUT2D eigenvalue weighted by molar-refractivity contribution is 7.99. The summed E-state index contributed by atoms with van der Waals surface area (Å²) in [6, 6.07) is 15.7. The van der Waals surface area contributed by atoms with Crippen LogP contribution < -0.4 is 0 Å². The van der Waals surface area contributed by atoms with Crippen molar-refractivity contribution in [2.24, 2.45) is 7.05 Å². The Kier molecular flexibility index (Phi) is 5.09. The normalized spacial score (nSPS) is 15.3. The van der Waals surface area contributed by atoms with Crippen LogP contribution in [0.3, 0.4) is 0 Å². The molecular weight excluding hydrogens is 347 g/mol. The van der Waals surface area contributed by atoms with Gasteiger partial charge in [-0.05, 0) is 66.3 Å². The van der Waals surface area contributed by atoms with Gasteiger partial charge < -0.3 is 4.74 Å². The van der Waals surface area contributed by atoms with Gasteiger partial charge in [-0.2, -0.15) is 5.10 Å². The smallest absolute Gasteiger partial charge is 0.124 e. The van der Waals surface area contributed by atoms with E-state index in [0.717, 1.165) is 52.7 Å². The zero-order valence-corrected chi connectivity index (χ0v) is 15.5. The third-order valence-electron chi connectivity index (χ3n) is 4.79. The summed E-state index contributed by atoms with van der Waals surface area (Å²) in [7, 11) is 1.93. The van der Waals surface area contributed by atoms with Gasteiger partial charge in [0.1, 0.15) is 5.82 Å². The molecule has 5 heteroatoms. The Morgan fingerprint density at radius 3 is 2.50 bits per heavy atom. The number of hydrogen-bond donors (Lipinski definition) is 0. The Labute approximate surface area is 157 Å². The summed E-state index contributed by atoms with van der Waals surface area (Å²) < 4.78 is 21.4. The van der Waals surface area contributed by atoms with Gasteiger partial charge in [-0.25, -0.2) is 4.39 Å². The summed E-state index contributed by atoms with van der Waals surface area (Å²) in [5, 5.41) is 4.21. The standard InChI is InChI=1S/C21H21FN2OS/c1-24-21(6-9-23-24)16-2-4-19(5-3-16)26-20-13-17(12-18(22)14-20)15-7-10-25-11-8-15/h2-6,9,12-15H,7-8,10-11H2,1H3. The molecule has 0 radical (unpaired) electrons. The van der Waals surface area contributed by atoms with Crippen molar-refractivity contribution < 1.29 is 9.13 Å². The third kappa shape index (κ3) is 3.84. The predicted octanol–water partition coefficient (Wildman–Crippen LogP) is 5.27. The number of benzene rings is 2. The lowest BCUT2D eigenvalue weighted by Gasteiger charge is -2.22. The molecule has 0 saturated carbocycles. The molecule has 1 saturated heterocycles. The molecule has 26 heavy (non-hydrogen) atoms. The maximum absolute atomic E-state index is 14.1. The molecule has 2 heterocycles. The first-order valence-corrected chi connectivity index (χ1v) is 9.65. The van der Waals surface area contributed by atoms with Crippen LogP contribution in [-0.4, -0.2) is 23.0 Å². The molecular formula is C21H21FN2OS. The molecule has 1 aromatic heterocycles. The van der Waals surface area contributed by atoms with Crippen LogP contribution in [0, 0.1) is 5.82 Å². The summed E-state index contributed by atoms with van der Waals surface area (Å²) in [6.45, 7) is 1.53. The van der Waals surface area contributed by atoms with Gasteiger partial charge in [0, 0.05) is 36.2 Å². The highest BCUT2D eigenvalue weighted by Gasteiger charge is 2.17. The first-order valence-electron chi connectivity index (χ1n) is 8.83. The molecule has 0 unspecified atom stereocenters. The molecule has 0 atom stereocenters. The van der Waals surface area contributed by atoms with Crippen molar-refractivity contribution in [2.45, 2.75) is 28.6 Å². The molecule has 1 aliphatic heterocycles. The van der Waals surface area contributed by atoms with Crippen LogP contribution in [0.1, 0.15) is 24.3 Å². The molecule has 0 aliphatic carbocycles. The topological polar surface area (TPSA) is 27.1 Å². The largest absolute Gasteiger partial charge is 0.381 e. The van der Waals surface area contributed by atoms with Crippen molar-refractivity contribution in [2.75, 3.05) is 13.2 Å². The highest BCUT2D eigenvalue weighted by atomic mass is 32.2. The molecule has 4 rings (SSSR count).